The molecule has 1 N–H and O–H groups in total. The number of fused-ring (bicyclic) bond motifs is 1. The molecule has 2 heterocycles. The molecule has 0 saturated heterocycles. The largest absolute Gasteiger partial charge is 0.497 e. The normalized spacial score (nSPS) is 12.2. The number of hydrogen-bond donors (Lipinski definition) is 1. The van der Waals surface area contributed by atoms with Crippen molar-refractivity contribution in [3.8, 4) is 5.75 Å². The number of hydrogen-bond acceptors (Lipinski definition) is 5. The maximum Gasteiger partial charge on any atom is 0.184 e. The predicted octanol–water partition coefficient (Wildman–Crippen LogP) is 4.24. The van der Waals surface area contributed by atoms with Gasteiger partial charge in [0, 0.05) is 19.4 Å². The number of aromatic nitrogens is 3. The van der Waals surface area contributed by atoms with E-state index in [1.807, 2.05) is 54.3 Å². The van der Waals surface area contributed by atoms with Gasteiger partial charge in [0.15, 0.2) is 5.13 Å². The number of rotatable bonds is 5. The zero-order valence-corrected chi connectivity index (χ0v) is 14.8. The van der Waals surface area contributed by atoms with E-state index in [2.05, 4.69) is 28.5 Å². The van der Waals surface area contributed by atoms with Crippen LogP contribution in [0.4, 0.5) is 5.13 Å². The molecule has 25 heavy (non-hydrogen) atoms. The number of nitrogens with one attached hydrogen (secondary N) is 1. The zero-order chi connectivity index (χ0) is 17.2. The molecule has 0 aliphatic carbocycles. The highest BCUT2D eigenvalue weighted by Gasteiger charge is 2.20. The molecule has 6 heteroatoms. The van der Waals surface area contributed by atoms with Crippen LogP contribution in [-0.4, -0.2) is 21.6 Å². The number of methoxy groups -OCH3 is 1. The average molecular weight is 350 g/mol. The molecular formula is C19H18N4OS. The van der Waals surface area contributed by atoms with Crippen LogP contribution < -0.4 is 10.1 Å². The first-order valence-electron chi connectivity index (χ1n) is 7.98. The van der Waals surface area contributed by atoms with Crippen LogP contribution in [0, 0.1) is 0 Å². The Hall–Kier alpha value is -2.86. The number of para-hydroxylation sites is 1. The average Bonchev–Trinajstić information content (AvgIpc) is 3.25. The number of imidazole rings is 1. The van der Waals surface area contributed by atoms with Crippen LogP contribution in [0.25, 0.3) is 10.2 Å². The Morgan fingerprint density at radius 2 is 1.92 bits per heavy atom. The minimum absolute atomic E-state index is 0.0912. The van der Waals surface area contributed by atoms with Gasteiger partial charge in [-0.3, -0.25) is 0 Å². The Morgan fingerprint density at radius 1 is 1.12 bits per heavy atom. The molecule has 4 rings (SSSR count). The van der Waals surface area contributed by atoms with Crippen molar-refractivity contribution >= 4 is 26.7 Å². The van der Waals surface area contributed by atoms with Gasteiger partial charge in [-0.2, -0.15) is 0 Å². The fourth-order valence-corrected chi connectivity index (χ4v) is 3.70. The molecule has 5 nitrogen and oxygen atoms in total. The summed E-state index contributed by atoms with van der Waals surface area (Å²) in [6, 6.07) is 16.1. The van der Waals surface area contributed by atoms with Crippen LogP contribution in [0.2, 0.25) is 0 Å². The summed E-state index contributed by atoms with van der Waals surface area (Å²) in [7, 11) is 3.67. The lowest BCUT2D eigenvalue weighted by molar-refractivity contribution is 0.414. The highest BCUT2D eigenvalue weighted by molar-refractivity contribution is 7.22. The van der Waals surface area contributed by atoms with Crippen molar-refractivity contribution in [3.63, 3.8) is 0 Å². The van der Waals surface area contributed by atoms with Gasteiger partial charge in [0.05, 0.1) is 17.3 Å². The minimum atomic E-state index is -0.0912. The van der Waals surface area contributed by atoms with Gasteiger partial charge in [-0.25, -0.2) is 9.97 Å². The summed E-state index contributed by atoms with van der Waals surface area (Å²) < 4.78 is 8.46. The molecule has 4 aromatic rings. The molecule has 0 spiro atoms. The van der Waals surface area contributed by atoms with Crippen molar-refractivity contribution in [3.05, 3.63) is 72.3 Å². The summed E-state index contributed by atoms with van der Waals surface area (Å²) >= 11 is 1.65. The van der Waals surface area contributed by atoms with Crippen molar-refractivity contribution < 1.29 is 4.74 Å². The number of aryl methyl sites for hydroxylation is 1. The number of thiazole rings is 1. The third-order valence-electron chi connectivity index (χ3n) is 4.13. The van der Waals surface area contributed by atoms with Crippen LogP contribution in [0.3, 0.4) is 0 Å². The molecule has 126 valence electrons. The van der Waals surface area contributed by atoms with E-state index in [9.17, 15) is 0 Å². The highest BCUT2D eigenvalue weighted by atomic mass is 32.1. The lowest BCUT2D eigenvalue weighted by atomic mass is 10.1. The summed E-state index contributed by atoms with van der Waals surface area (Å²) in [5, 5.41) is 4.43. The first-order chi connectivity index (χ1) is 12.2. The Kier molecular flexibility index (Phi) is 4.11. The summed E-state index contributed by atoms with van der Waals surface area (Å²) in [6.07, 6.45) is 3.76. The van der Waals surface area contributed by atoms with E-state index in [1.165, 1.54) is 4.70 Å². The van der Waals surface area contributed by atoms with E-state index in [0.717, 1.165) is 27.8 Å². The fraction of sp³-hybridized carbons (Fsp3) is 0.158. The molecule has 0 saturated carbocycles. The van der Waals surface area contributed by atoms with E-state index >= 15 is 0 Å². The summed E-state index contributed by atoms with van der Waals surface area (Å²) in [5.41, 5.74) is 2.11. The second kappa shape index (κ2) is 6.57. The topological polar surface area (TPSA) is 52.0 Å². The zero-order valence-electron chi connectivity index (χ0n) is 14.0. The number of nitrogens with zero attached hydrogens (tertiary/aromatic N) is 3. The summed E-state index contributed by atoms with van der Waals surface area (Å²) in [5.74, 6) is 1.77. The fourth-order valence-electron chi connectivity index (χ4n) is 2.81. The second-order valence-electron chi connectivity index (χ2n) is 5.73. The molecule has 0 aliphatic heterocycles. The van der Waals surface area contributed by atoms with E-state index < -0.39 is 0 Å². The molecule has 2 aromatic carbocycles. The van der Waals surface area contributed by atoms with Gasteiger partial charge in [0.25, 0.3) is 0 Å². The Bertz CT molecular complexity index is 957. The van der Waals surface area contributed by atoms with E-state index in [0.29, 0.717) is 0 Å². The third kappa shape index (κ3) is 3.08. The molecule has 0 radical (unpaired) electrons. The molecule has 0 amide bonds. The Labute approximate surface area is 149 Å². The second-order valence-corrected chi connectivity index (χ2v) is 6.76. The molecular weight excluding hydrogens is 332 g/mol. The number of benzene rings is 2. The first-order valence-corrected chi connectivity index (χ1v) is 8.79. The monoisotopic (exact) mass is 350 g/mol. The minimum Gasteiger partial charge on any atom is -0.497 e. The molecule has 1 atom stereocenters. The standard InChI is InChI=1S/C19H18N4OS/c1-23-12-11-20-18(23)17(13-7-9-14(24-2)10-8-13)22-19-21-15-5-3-4-6-16(15)25-19/h3-12,17H,1-2H3,(H,21,22)/t17-/m1/s1. The van der Waals surface area contributed by atoms with Crippen LogP contribution in [0.1, 0.15) is 17.4 Å². The lowest BCUT2D eigenvalue weighted by Gasteiger charge is -2.19. The van der Waals surface area contributed by atoms with Gasteiger partial charge < -0.3 is 14.6 Å². The van der Waals surface area contributed by atoms with E-state index in [4.69, 9.17) is 9.72 Å². The molecule has 0 fully saturated rings. The van der Waals surface area contributed by atoms with Crippen molar-refractivity contribution in [1.82, 2.24) is 14.5 Å². The number of anilines is 1. The third-order valence-corrected chi connectivity index (χ3v) is 5.10. The summed E-state index contributed by atoms with van der Waals surface area (Å²) in [4.78, 5) is 9.23. The molecule has 0 unspecified atom stereocenters. The van der Waals surface area contributed by atoms with Gasteiger partial charge in [-0.15, -0.1) is 0 Å². The van der Waals surface area contributed by atoms with E-state index in [-0.39, 0.29) is 6.04 Å². The smallest absolute Gasteiger partial charge is 0.184 e. The summed E-state index contributed by atoms with van der Waals surface area (Å²) in [6.45, 7) is 0. The van der Waals surface area contributed by atoms with Crippen LogP contribution in [-0.2, 0) is 7.05 Å². The number of ether oxygens (including phenoxy) is 1. The quantitative estimate of drug-likeness (QED) is 0.585. The van der Waals surface area contributed by atoms with Crippen LogP contribution in [0.15, 0.2) is 60.9 Å². The van der Waals surface area contributed by atoms with Crippen LogP contribution in [0.5, 0.6) is 5.75 Å². The van der Waals surface area contributed by atoms with Crippen molar-refractivity contribution in [2.24, 2.45) is 7.05 Å². The Morgan fingerprint density at radius 3 is 2.60 bits per heavy atom. The first kappa shape index (κ1) is 15.7. The molecule has 0 bridgehead atoms. The molecule has 0 aliphatic rings. The van der Waals surface area contributed by atoms with E-state index in [1.54, 1.807) is 18.4 Å². The maximum absolute atomic E-state index is 5.27. The highest BCUT2D eigenvalue weighted by Crippen LogP contribution is 2.31. The predicted molar refractivity (Wildman–Crippen MR) is 101 cm³/mol. The maximum atomic E-state index is 5.27. The van der Waals surface area contributed by atoms with Crippen molar-refractivity contribution in [2.75, 3.05) is 12.4 Å². The molecule has 2 aromatic heterocycles. The van der Waals surface area contributed by atoms with Gasteiger partial charge in [0.2, 0.25) is 0 Å². The van der Waals surface area contributed by atoms with Gasteiger partial charge >= 0.3 is 0 Å². The van der Waals surface area contributed by atoms with Gasteiger partial charge in [-0.05, 0) is 29.8 Å². The van der Waals surface area contributed by atoms with Gasteiger partial charge in [-0.1, -0.05) is 35.6 Å². The van der Waals surface area contributed by atoms with Crippen molar-refractivity contribution in [2.45, 2.75) is 6.04 Å². The van der Waals surface area contributed by atoms with Gasteiger partial charge in [0.1, 0.15) is 17.6 Å². The lowest BCUT2D eigenvalue weighted by Crippen LogP contribution is -2.16. The van der Waals surface area contributed by atoms with Crippen LogP contribution >= 0.6 is 11.3 Å². The Balaban J connectivity index is 1.73. The SMILES string of the molecule is COc1ccc([C@@H](Nc2nc3ccccc3s2)c2nccn2C)cc1. The van der Waals surface area contributed by atoms with Crippen molar-refractivity contribution in [1.29, 1.82) is 0 Å².